The first kappa shape index (κ1) is 19.5. The van der Waals surface area contributed by atoms with Gasteiger partial charge < -0.3 is 4.74 Å². The van der Waals surface area contributed by atoms with Crippen molar-refractivity contribution >= 4 is 49.2 Å². The molecule has 0 unspecified atom stereocenters. The number of hydrogen-bond donors (Lipinski definition) is 0. The molecule has 2 rings (SSSR count). The van der Waals surface area contributed by atoms with Crippen molar-refractivity contribution in [1.82, 2.24) is 0 Å². The molecule has 0 spiro atoms. The molecule has 0 bridgehead atoms. The van der Waals surface area contributed by atoms with Crippen LogP contribution in [-0.4, -0.2) is 28.0 Å². The molecule has 2 aromatic rings. The van der Waals surface area contributed by atoms with Crippen LogP contribution in [0, 0.1) is 0 Å². The number of carbonyl (C=O) groups excluding carboxylic acids is 1. The first-order valence-electron chi connectivity index (χ1n) is 7.08. The molecule has 0 fully saturated rings. The SMILES string of the molecule is C=CCN(c1cc(C(=O)OC)ccc1Cl)S(=O)(=O)c1ccc(Br)cc1. The van der Waals surface area contributed by atoms with Gasteiger partial charge in [0.05, 0.1) is 34.8 Å². The molecular weight excluding hydrogens is 430 g/mol. The third kappa shape index (κ3) is 4.23. The van der Waals surface area contributed by atoms with Crippen molar-refractivity contribution in [2.45, 2.75) is 4.90 Å². The van der Waals surface area contributed by atoms with Gasteiger partial charge in [0.25, 0.3) is 10.0 Å². The summed E-state index contributed by atoms with van der Waals surface area (Å²) in [5, 5.41) is 0.190. The Morgan fingerprint density at radius 1 is 1.28 bits per heavy atom. The van der Waals surface area contributed by atoms with Crippen LogP contribution >= 0.6 is 27.5 Å². The van der Waals surface area contributed by atoms with Gasteiger partial charge in [-0.3, -0.25) is 4.31 Å². The maximum absolute atomic E-state index is 13.0. The Kier molecular flexibility index (Phi) is 6.26. The van der Waals surface area contributed by atoms with Gasteiger partial charge in [-0.05, 0) is 42.5 Å². The van der Waals surface area contributed by atoms with E-state index in [0.717, 1.165) is 8.78 Å². The topological polar surface area (TPSA) is 63.7 Å². The second-order valence-electron chi connectivity index (χ2n) is 4.94. The van der Waals surface area contributed by atoms with Crippen molar-refractivity contribution in [3.63, 3.8) is 0 Å². The van der Waals surface area contributed by atoms with Crippen LogP contribution in [0.2, 0.25) is 5.02 Å². The maximum Gasteiger partial charge on any atom is 0.337 e. The van der Waals surface area contributed by atoms with Gasteiger partial charge in [-0.25, -0.2) is 13.2 Å². The highest BCUT2D eigenvalue weighted by Crippen LogP contribution is 2.32. The van der Waals surface area contributed by atoms with E-state index in [1.807, 2.05) is 0 Å². The van der Waals surface area contributed by atoms with Crippen LogP contribution in [0.25, 0.3) is 0 Å². The predicted molar refractivity (Wildman–Crippen MR) is 102 cm³/mol. The van der Waals surface area contributed by atoms with Crippen molar-refractivity contribution < 1.29 is 17.9 Å². The molecule has 0 radical (unpaired) electrons. The summed E-state index contributed by atoms with van der Waals surface area (Å²) in [4.78, 5) is 11.9. The van der Waals surface area contributed by atoms with E-state index in [9.17, 15) is 13.2 Å². The molecule has 0 saturated heterocycles. The number of esters is 1. The molecule has 132 valence electrons. The van der Waals surface area contributed by atoms with E-state index in [2.05, 4.69) is 27.2 Å². The van der Waals surface area contributed by atoms with Gasteiger partial charge in [0.1, 0.15) is 0 Å². The van der Waals surface area contributed by atoms with Crippen LogP contribution in [-0.2, 0) is 14.8 Å². The van der Waals surface area contributed by atoms with Gasteiger partial charge in [-0.1, -0.05) is 33.6 Å². The van der Waals surface area contributed by atoms with E-state index < -0.39 is 16.0 Å². The maximum atomic E-state index is 13.0. The molecule has 0 heterocycles. The molecular formula is C17H15BrClNO4S. The number of ether oxygens (including phenoxy) is 1. The van der Waals surface area contributed by atoms with Crippen LogP contribution in [0.4, 0.5) is 5.69 Å². The lowest BCUT2D eigenvalue weighted by atomic mass is 10.2. The van der Waals surface area contributed by atoms with E-state index in [1.165, 1.54) is 43.5 Å². The van der Waals surface area contributed by atoms with Gasteiger partial charge >= 0.3 is 5.97 Å². The largest absolute Gasteiger partial charge is 0.465 e. The van der Waals surface area contributed by atoms with Gasteiger partial charge in [0.15, 0.2) is 0 Å². The van der Waals surface area contributed by atoms with Crippen LogP contribution in [0.5, 0.6) is 0 Å². The van der Waals surface area contributed by atoms with Gasteiger partial charge in [0, 0.05) is 4.47 Å². The third-order valence-electron chi connectivity index (χ3n) is 3.33. The van der Waals surface area contributed by atoms with E-state index >= 15 is 0 Å². The third-order valence-corrected chi connectivity index (χ3v) is 5.97. The number of rotatable bonds is 6. The summed E-state index contributed by atoms with van der Waals surface area (Å²) in [5.41, 5.74) is 0.370. The first-order chi connectivity index (χ1) is 11.8. The van der Waals surface area contributed by atoms with Crippen LogP contribution in [0.3, 0.4) is 0 Å². The van der Waals surface area contributed by atoms with Gasteiger partial charge in [0.2, 0.25) is 0 Å². The standard InChI is InChI=1S/C17H15BrClNO4S/c1-3-10-20(25(22,23)14-7-5-13(18)6-8-14)16-11-12(17(21)24-2)4-9-15(16)19/h3-9,11H,1,10H2,2H3. The molecule has 8 heteroatoms. The number of anilines is 1. The van der Waals surface area contributed by atoms with E-state index in [0.29, 0.717) is 0 Å². The Bertz CT molecular complexity index is 897. The Morgan fingerprint density at radius 3 is 2.48 bits per heavy atom. The zero-order valence-corrected chi connectivity index (χ0v) is 16.4. The minimum atomic E-state index is -3.90. The Labute approximate surface area is 160 Å². The summed E-state index contributed by atoms with van der Waals surface area (Å²) in [7, 11) is -2.65. The molecule has 2 aromatic carbocycles. The average Bonchev–Trinajstić information content (AvgIpc) is 2.60. The zero-order chi connectivity index (χ0) is 18.6. The lowest BCUT2D eigenvalue weighted by Crippen LogP contribution is -2.31. The fourth-order valence-corrected chi connectivity index (χ4v) is 4.11. The fourth-order valence-electron chi connectivity index (χ4n) is 2.13. The summed E-state index contributed by atoms with van der Waals surface area (Å²) >= 11 is 9.47. The molecule has 0 aliphatic heterocycles. The van der Waals surface area contributed by atoms with Crippen molar-refractivity contribution in [3.8, 4) is 0 Å². The predicted octanol–water partition coefficient (Wildman–Crippen LogP) is 4.27. The molecule has 0 atom stereocenters. The summed E-state index contributed by atoms with van der Waals surface area (Å²) in [5.74, 6) is -0.586. The van der Waals surface area contributed by atoms with Crippen LogP contribution in [0.15, 0.2) is 64.5 Å². The molecule has 0 aliphatic rings. The number of hydrogen-bond acceptors (Lipinski definition) is 4. The molecule has 5 nitrogen and oxygen atoms in total. The van der Waals surface area contributed by atoms with Gasteiger partial charge in [-0.15, -0.1) is 6.58 Å². The molecule has 0 saturated carbocycles. The van der Waals surface area contributed by atoms with Crippen molar-refractivity contribution in [3.05, 3.63) is 70.2 Å². The normalized spacial score (nSPS) is 11.0. The molecule has 25 heavy (non-hydrogen) atoms. The number of halogens is 2. The minimum absolute atomic E-state index is 0.0112. The Morgan fingerprint density at radius 2 is 1.92 bits per heavy atom. The smallest absolute Gasteiger partial charge is 0.337 e. The average molecular weight is 445 g/mol. The molecule has 0 aromatic heterocycles. The second kappa shape index (κ2) is 8.03. The fraction of sp³-hybridized carbons (Fsp3) is 0.118. The second-order valence-corrected chi connectivity index (χ2v) is 8.12. The number of nitrogens with zero attached hydrogens (tertiary/aromatic N) is 1. The van der Waals surface area contributed by atoms with Crippen molar-refractivity contribution in [2.75, 3.05) is 18.0 Å². The lowest BCUT2D eigenvalue weighted by Gasteiger charge is -2.24. The monoisotopic (exact) mass is 443 g/mol. The molecule has 0 amide bonds. The minimum Gasteiger partial charge on any atom is -0.465 e. The number of benzene rings is 2. The van der Waals surface area contributed by atoms with E-state index in [4.69, 9.17) is 11.6 Å². The lowest BCUT2D eigenvalue weighted by molar-refractivity contribution is 0.0601. The number of carbonyl (C=O) groups is 1. The highest BCUT2D eigenvalue weighted by molar-refractivity contribution is 9.10. The van der Waals surface area contributed by atoms with Crippen molar-refractivity contribution in [1.29, 1.82) is 0 Å². The Hall–Kier alpha value is -1.83. The quantitative estimate of drug-likeness (QED) is 0.493. The summed E-state index contributed by atoms with van der Waals surface area (Å²) in [6, 6.07) is 10.5. The first-order valence-corrected chi connectivity index (χ1v) is 9.69. The zero-order valence-electron chi connectivity index (χ0n) is 13.3. The summed E-state index contributed by atoms with van der Waals surface area (Å²) in [6.45, 7) is 3.59. The highest BCUT2D eigenvalue weighted by atomic mass is 79.9. The van der Waals surface area contributed by atoms with E-state index in [1.54, 1.807) is 12.1 Å². The summed E-state index contributed by atoms with van der Waals surface area (Å²) in [6.07, 6.45) is 1.44. The van der Waals surface area contributed by atoms with Crippen molar-refractivity contribution in [2.24, 2.45) is 0 Å². The van der Waals surface area contributed by atoms with Crippen LogP contribution < -0.4 is 4.31 Å². The Balaban J connectivity index is 2.59. The number of sulfonamides is 1. The van der Waals surface area contributed by atoms with Gasteiger partial charge in [-0.2, -0.15) is 0 Å². The number of methoxy groups -OCH3 is 1. The molecule has 0 N–H and O–H groups in total. The van der Waals surface area contributed by atoms with Crippen LogP contribution in [0.1, 0.15) is 10.4 Å². The summed E-state index contributed by atoms with van der Waals surface area (Å²) < 4.78 is 32.6. The highest BCUT2D eigenvalue weighted by Gasteiger charge is 2.26. The van der Waals surface area contributed by atoms with E-state index in [-0.39, 0.29) is 27.7 Å². The molecule has 0 aliphatic carbocycles.